The van der Waals surface area contributed by atoms with Gasteiger partial charge in [0.05, 0.1) is 25.2 Å². The van der Waals surface area contributed by atoms with E-state index in [1.807, 2.05) is 0 Å². The minimum Gasteiger partial charge on any atom is -0.462 e. The summed E-state index contributed by atoms with van der Waals surface area (Å²) >= 11 is 0. The van der Waals surface area contributed by atoms with Gasteiger partial charge in [-0.2, -0.15) is 0 Å². The highest BCUT2D eigenvalue weighted by molar-refractivity contribution is 5.77. The Bertz CT molecular complexity index is 1010. The van der Waals surface area contributed by atoms with Crippen molar-refractivity contribution in [3.8, 4) is 0 Å². The molecule has 0 aromatic rings. The van der Waals surface area contributed by atoms with Crippen LogP contribution >= 0.6 is 0 Å². The van der Waals surface area contributed by atoms with Gasteiger partial charge >= 0.3 is 5.97 Å². The van der Waals surface area contributed by atoms with E-state index in [1.165, 1.54) is 83.5 Å². The summed E-state index contributed by atoms with van der Waals surface area (Å²) in [5.74, 6) is -0.551. The monoisotopic (exact) mass is 784 g/mol. The quantitative estimate of drug-likeness (QED) is 0.0248. The molecule has 3 unspecified atom stereocenters. The van der Waals surface area contributed by atoms with Crippen LogP contribution < -0.4 is 5.32 Å². The smallest absolute Gasteiger partial charge is 0.306 e. The van der Waals surface area contributed by atoms with Crippen molar-refractivity contribution in [2.24, 2.45) is 0 Å². The van der Waals surface area contributed by atoms with Crippen LogP contribution in [0.2, 0.25) is 0 Å². The lowest BCUT2D eigenvalue weighted by Crippen LogP contribution is -2.46. The van der Waals surface area contributed by atoms with E-state index in [2.05, 4.69) is 86.8 Å². The third kappa shape index (κ3) is 38.4. The molecule has 0 aromatic carbocycles. The van der Waals surface area contributed by atoms with E-state index < -0.39 is 18.2 Å². The number of nitrogens with one attached hydrogen (secondary N) is 1. The molecule has 0 bridgehead atoms. The molecule has 324 valence electrons. The lowest BCUT2D eigenvalue weighted by molar-refractivity contribution is -0.151. The fourth-order valence-electron chi connectivity index (χ4n) is 6.79. The first-order valence-corrected chi connectivity index (χ1v) is 23.5. The lowest BCUT2D eigenvalue weighted by Gasteiger charge is -2.24. The van der Waals surface area contributed by atoms with Crippen LogP contribution in [0.4, 0.5) is 0 Å². The molecule has 3 N–H and O–H groups in total. The Labute approximate surface area is 346 Å². The van der Waals surface area contributed by atoms with Crippen molar-refractivity contribution in [2.75, 3.05) is 6.61 Å². The van der Waals surface area contributed by atoms with Crippen LogP contribution in [0.1, 0.15) is 220 Å². The third-order valence-corrected chi connectivity index (χ3v) is 10.4. The van der Waals surface area contributed by atoms with Gasteiger partial charge in [-0.15, -0.1) is 0 Å². The zero-order valence-electron chi connectivity index (χ0n) is 36.8. The third-order valence-electron chi connectivity index (χ3n) is 10.4. The highest BCUT2D eigenvalue weighted by atomic mass is 16.5. The summed E-state index contributed by atoms with van der Waals surface area (Å²) in [4.78, 5) is 26.0. The standard InChI is InChI=1S/C50H89NO5/c1-4-7-10-13-16-19-21-23-25-27-30-32-35-38-41-46(56-50(55)43-40-37-34-31-28-26-24-22-20-17-14-11-8-5-2)44-49(54)51-47(45-52)48(53)42-39-36-33-29-18-15-12-9-6-3/h8,11,17,20,24-27,30,32,46-48,52-53H,4-7,9-10,12-16,18-19,21-23,28-29,31,33-45H2,1-3H3,(H,51,54)/b11-8+,20-17+,26-24+,27-25+,32-30+. The lowest BCUT2D eigenvalue weighted by atomic mass is 10.0. The van der Waals surface area contributed by atoms with Crippen LogP contribution in [-0.4, -0.2) is 46.9 Å². The molecule has 1 amide bonds. The number of aliphatic hydroxyl groups excluding tert-OH is 2. The number of ether oxygens (including phenoxy) is 1. The van der Waals surface area contributed by atoms with E-state index in [0.717, 1.165) is 89.9 Å². The minimum atomic E-state index is -0.802. The van der Waals surface area contributed by atoms with E-state index in [-0.39, 0.29) is 24.9 Å². The first kappa shape index (κ1) is 53.6. The van der Waals surface area contributed by atoms with Crippen LogP contribution in [0.25, 0.3) is 0 Å². The molecular weight excluding hydrogens is 695 g/mol. The molecule has 0 fully saturated rings. The second-order valence-corrected chi connectivity index (χ2v) is 15.8. The summed E-state index contributed by atoms with van der Waals surface area (Å²) in [6.07, 6.45) is 52.9. The molecule has 6 heteroatoms. The molecule has 0 aliphatic carbocycles. The maximum atomic E-state index is 13.1. The number of hydrogen-bond acceptors (Lipinski definition) is 5. The maximum Gasteiger partial charge on any atom is 0.306 e. The van der Waals surface area contributed by atoms with Gasteiger partial charge in [-0.3, -0.25) is 9.59 Å². The van der Waals surface area contributed by atoms with E-state index in [0.29, 0.717) is 19.3 Å². The van der Waals surface area contributed by atoms with Gasteiger partial charge in [0.25, 0.3) is 0 Å². The van der Waals surface area contributed by atoms with Crippen LogP contribution in [0, 0.1) is 0 Å². The predicted molar refractivity (Wildman–Crippen MR) is 241 cm³/mol. The second kappa shape index (κ2) is 43.7. The van der Waals surface area contributed by atoms with Crippen molar-refractivity contribution >= 4 is 11.9 Å². The molecule has 0 aromatic heterocycles. The van der Waals surface area contributed by atoms with Gasteiger partial charge in [0, 0.05) is 6.42 Å². The van der Waals surface area contributed by atoms with Crippen LogP contribution in [0.5, 0.6) is 0 Å². The Kier molecular flexibility index (Phi) is 41.8. The van der Waals surface area contributed by atoms with Crippen molar-refractivity contribution in [2.45, 2.75) is 238 Å². The topological polar surface area (TPSA) is 95.9 Å². The number of carbonyl (C=O) groups excluding carboxylic acids is 2. The molecule has 0 aliphatic rings. The molecule has 6 nitrogen and oxygen atoms in total. The Morgan fingerprint density at radius 1 is 0.554 bits per heavy atom. The van der Waals surface area contributed by atoms with Gasteiger partial charge in [0.1, 0.15) is 6.10 Å². The van der Waals surface area contributed by atoms with Crippen LogP contribution in [-0.2, 0) is 14.3 Å². The molecule has 3 atom stereocenters. The Morgan fingerprint density at radius 2 is 1.04 bits per heavy atom. The summed E-state index contributed by atoms with van der Waals surface area (Å²) in [7, 11) is 0. The van der Waals surface area contributed by atoms with E-state index in [4.69, 9.17) is 4.74 Å². The average molecular weight is 784 g/mol. The second-order valence-electron chi connectivity index (χ2n) is 15.8. The first-order valence-electron chi connectivity index (χ1n) is 23.5. The van der Waals surface area contributed by atoms with E-state index in [9.17, 15) is 19.8 Å². The summed E-state index contributed by atoms with van der Waals surface area (Å²) in [6.45, 7) is 6.31. The minimum absolute atomic E-state index is 0.0337. The average Bonchev–Trinajstić information content (AvgIpc) is 3.19. The number of hydrogen-bond donors (Lipinski definition) is 3. The molecule has 0 saturated carbocycles. The number of amides is 1. The predicted octanol–water partition coefficient (Wildman–Crippen LogP) is 13.7. The molecule has 56 heavy (non-hydrogen) atoms. The molecular formula is C50H89NO5. The molecule has 0 spiro atoms. The van der Waals surface area contributed by atoms with Crippen molar-refractivity contribution in [3.05, 3.63) is 60.8 Å². The van der Waals surface area contributed by atoms with Crippen molar-refractivity contribution in [1.82, 2.24) is 5.32 Å². The number of rotatable bonds is 41. The molecule has 0 aliphatic heterocycles. The fourth-order valence-corrected chi connectivity index (χ4v) is 6.79. The van der Waals surface area contributed by atoms with E-state index >= 15 is 0 Å². The van der Waals surface area contributed by atoms with Gasteiger partial charge in [0.2, 0.25) is 5.91 Å². The number of allylic oxidation sites excluding steroid dienone is 10. The highest BCUT2D eigenvalue weighted by Crippen LogP contribution is 2.16. The Balaban J connectivity index is 4.72. The fraction of sp³-hybridized carbons (Fsp3) is 0.760. The van der Waals surface area contributed by atoms with Crippen molar-refractivity contribution in [3.63, 3.8) is 0 Å². The largest absolute Gasteiger partial charge is 0.462 e. The molecule has 0 rings (SSSR count). The molecule has 0 saturated heterocycles. The first-order chi connectivity index (χ1) is 27.5. The molecule has 0 heterocycles. The van der Waals surface area contributed by atoms with Crippen LogP contribution in [0.15, 0.2) is 60.8 Å². The van der Waals surface area contributed by atoms with Crippen molar-refractivity contribution in [1.29, 1.82) is 0 Å². The van der Waals surface area contributed by atoms with E-state index in [1.54, 1.807) is 0 Å². The van der Waals surface area contributed by atoms with Gasteiger partial charge < -0.3 is 20.3 Å². The zero-order chi connectivity index (χ0) is 41.0. The normalized spacial score (nSPS) is 13.9. The van der Waals surface area contributed by atoms with Gasteiger partial charge in [-0.05, 0) is 77.0 Å². The SMILES string of the molecule is CC/C=C/C/C=C/C/C=C/CCCCCCC(=O)OC(CCC/C=C/C=C/CCCCCCCCC)CC(=O)NC(CO)C(O)CCCCCCCCCCC. The van der Waals surface area contributed by atoms with Crippen molar-refractivity contribution < 1.29 is 24.5 Å². The number of carbonyl (C=O) groups is 2. The maximum absolute atomic E-state index is 13.1. The number of unbranched alkanes of at least 4 members (excludes halogenated alkanes) is 20. The summed E-state index contributed by atoms with van der Waals surface area (Å²) in [5.41, 5.74) is 0. The summed E-state index contributed by atoms with van der Waals surface area (Å²) in [5, 5.41) is 23.6. The summed E-state index contributed by atoms with van der Waals surface area (Å²) < 4.78 is 5.87. The Hall–Kier alpha value is -2.44. The van der Waals surface area contributed by atoms with Gasteiger partial charge in [-0.1, -0.05) is 191 Å². The number of aliphatic hydroxyl groups is 2. The van der Waals surface area contributed by atoms with Gasteiger partial charge in [0.15, 0.2) is 0 Å². The highest BCUT2D eigenvalue weighted by Gasteiger charge is 2.24. The zero-order valence-corrected chi connectivity index (χ0v) is 36.8. The summed E-state index contributed by atoms with van der Waals surface area (Å²) in [6, 6.07) is -0.719. The van der Waals surface area contributed by atoms with Crippen LogP contribution in [0.3, 0.4) is 0 Å². The molecule has 0 radical (unpaired) electrons. The van der Waals surface area contributed by atoms with Gasteiger partial charge in [-0.25, -0.2) is 0 Å². The number of esters is 1. The Morgan fingerprint density at radius 3 is 1.61 bits per heavy atom.